The zero-order valence-electron chi connectivity index (χ0n) is 21.5. The second-order valence-electron chi connectivity index (χ2n) is 8.37. The highest BCUT2D eigenvalue weighted by Gasteiger charge is 2.26. The number of rotatable bonds is 12. The fraction of sp³-hybridized carbons (Fsp3) is 0.259. The van der Waals surface area contributed by atoms with Crippen molar-refractivity contribution in [3.63, 3.8) is 0 Å². The molecule has 0 radical (unpaired) electrons. The number of benzene rings is 3. The van der Waals surface area contributed by atoms with Gasteiger partial charge in [-0.25, -0.2) is 0 Å². The number of halogens is 2. The average Bonchev–Trinajstić information content (AvgIpc) is 3.27. The summed E-state index contributed by atoms with van der Waals surface area (Å²) < 4.78 is 19.7. The number of nitrogens with zero attached hydrogens (tertiary/aromatic N) is 4. The second-order valence-corrected chi connectivity index (χ2v) is 10.8. The van der Waals surface area contributed by atoms with Crippen LogP contribution < -0.4 is 14.2 Å². The lowest BCUT2D eigenvalue weighted by Crippen LogP contribution is -2.12. The van der Waals surface area contributed by atoms with Crippen molar-refractivity contribution in [1.82, 2.24) is 14.8 Å². The predicted octanol–water partition coefficient (Wildman–Crippen LogP) is 7.09. The Morgan fingerprint density at radius 1 is 1.13 bits per heavy atom. The van der Waals surface area contributed by atoms with E-state index in [2.05, 4.69) is 26.1 Å². The van der Waals surface area contributed by atoms with E-state index in [0.717, 1.165) is 17.0 Å². The fourth-order valence-corrected chi connectivity index (χ4v) is 5.82. The number of hydrogen-bond donors (Lipinski definition) is 0. The van der Waals surface area contributed by atoms with Gasteiger partial charge < -0.3 is 14.2 Å². The molecule has 0 amide bonds. The monoisotopic (exact) mass is 632 g/mol. The Morgan fingerprint density at radius 3 is 2.56 bits per heavy atom. The van der Waals surface area contributed by atoms with Crippen LogP contribution in [0.2, 0.25) is 5.02 Å². The number of ether oxygens (including phenoxy) is 3. The van der Waals surface area contributed by atoms with Crippen LogP contribution in [0.4, 0.5) is 0 Å². The molecule has 1 heterocycles. The summed E-state index contributed by atoms with van der Waals surface area (Å²) in [7, 11) is 1.60. The maximum absolute atomic E-state index is 11.7. The van der Waals surface area contributed by atoms with Crippen molar-refractivity contribution in [3.05, 3.63) is 97.2 Å². The van der Waals surface area contributed by atoms with Crippen molar-refractivity contribution >= 4 is 39.3 Å². The summed E-state index contributed by atoms with van der Waals surface area (Å²) in [4.78, 5) is 11.4. The first-order valence-electron chi connectivity index (χ1n) is 12.0. The third-order valence-electron chi connectivity index (χ3n) is 5.66. The van der Waals surface area contributed by atoms with Crippen LogP contribution in [0.3, 0.4) is 0 Å². The molecule has 1 aromatic heterocycles. The standard InChI is InChI=1S/C27H26BrClN4O5S/c1-4-37-24-14-19(13-23(28)26(24)38-16-18-6-5-7-20(29)12-18)25(15-32(34)35)39-27-31-30-17(2)33(27)21-8-10-22(36-3)11-9-21/h5-14,25H,4,15-16H2,1-3H3/t25-/m1/s1. The van der Waals surface area contributed by atoms with Gasteiger partial charge in [-0.05, 0) is 89.4 Å². The van der Waals surface area contributed by atoms with Crippen molar-refractivity contribution in [1.29, 1.82) is 0 Å². The van der Waals surface area contributed by atoms with Gasteiger partial charge in [-0.2, -0.15) is 0 Å². The van der Waals surface area contributed by atoms with Gasteiger partial charge in [-0.15, -0.1) is 10.2 Å². The maximum Gasteiger partial charge on any atom is 0.220 e. The lowest BCUT2D eigenvalue weighted by atomic mass is 10.1. The van der Waals surface area contributed by atoms with Crippen molar-refractivity contribution in [2.45, 2.75) is 30.9 Å². The van der Waals surface area contributed by atoms with Gasteiger partial charge in [0, 0.05) is 15.6 Å². The summed E-state index contributed by atoms with van der Waals surface area (Å²) in [5.74, 6) is 2.35. The molecule has 4 rings (SSSR count). The van der Waals surface area contributed by atoms with E-state index in [4.69, 9.17) is 25.8 Å². The molecule has 39 heavy (non-hydrogen) atoms. The van der Waals surface area contributed by atoms with Crippen molar-refractivity contribution in [2.24, 2.45) is 0 Å². The SMILES string of the molecule is CCOc1cc([C@@H](C[N+](=O)[O-])Sc2nnc(C)n2-c2ccc(OC)cc2)cc(Br)c1OCc1cccc(Cl)c1. The van der Waals surface area contributed by atoms with E-state index in [-0.39, 0.29) is 18.1 Å². The Labute approximate surface area is 243 Å². The first-order valence-corrected chi connectivity index (χ1v) is 14.0. The largest absolute Gasteiger partial charge is 0.497 e. The Hall–Kier alpha value is -3.28. The second kappa shape index (κ2) is 13.2. The number of aromatic nitrogens is 3. The van der Waals surface area contributed by atoms with E-state index in [1.165, 1.54) is 11.8 Å². The van der Waals surface area contributed by atoms with E-state index in [1.54, 1.807) is 19.2 Å². The summed E-state index contributed by atoms with van der Waals surface area (Å²) >= 11 is 11.0. The molecule has 204 valence electrons. The number of hydrogen-bond acceptors (Lipinski definition) is 8. The van der Waals surface area contributed by atoms with Crippen LogP contribution in [0.15, 0.2) is 70.3 Å². The third-order valence-corrected chi connectivity index (χ3v) is 7.67. The molecule has 0 aliphatic rings. The lowest BCUT2D eigenvalue weighted by Gasteiger charge is -2.19. The lowest BCUT2D eigenvalue weighted by molar-refractivity contribution is -0.479. The van der Waals surface area contributed by atoms with Gasteiger partial charge >= 0.3 is 0 Å². The molecule has 0 saturated carbocycles. The summed E-state index contributed by atoms with van der Waals surface area (Å²) in [6.45, 7) is 4.03. The highest BCUT2D eigenvalue weighted by Crippen LogP contribution is 2.43. The molecule has 4 aromatic rings. The van der Waals surface area contributed by atoms with E-state index in [1.807, 2.05) is 66.9 Å². The van der Waals surface area contributed by atoms with Crippen molar-refractivity contribution in [3.8, 4) is 22.9 Å². The molecule has 0 N–H and O–H groups in total. The van der Waals surface area contributed by atoms with Crippen LogP contribution >= 0.6 is 39.3 Å². The molecule has 1 atom stereocenters. The first-order chi connectivity index (χ1) is 18.8. The summed E-state index contributed by atoms with van der Waals surface area (Å²) in [5, 5.41) is 20.8. The minimum Gasteiger partial charge on any atom is -0.497 e. The maximum atomic E-state index is 11.7. The van der Waals surface area contributed by atoms with E-state index in [9.17, 15) is 10.1 Å². The molecular formula is C27H26BrClN4O5S. The molecule has 0 bridgehead atoms. The number of nitro groups is 1. The highest BCUT2D eigenvalue weighted by atomic mass is 79.9. The van der Waals surface area contributed by atoms with Crippen molar-refractivity contribution in [2.75, 3.05) is 20.3 Å². The Kier molecular flexibility index (Phi) is 9.71. The number of methoxy groups -OCH3 is 1. The normalized spacial score (nSPS) is 11.7. The summed E-state index contributed by atoms with van der Waals surface area (Å²) in [6.07, 6.45) is 0. The first kappa shape index (κ1) is 28.7. The van der Waals surface area contributed by atoms with Gasteiger partial charge in [-0.3, -0.25) is 14.7 Å². The van der Waals surface area contributed by atoms with E-state index < -0.39 is 5.25 Å². The molecular weight excluding hydrogens is 608 g/mol. The topological polar surface area (TPSA) is 102 Å². The molecule has 9 nitrogen and oxygen atoms in total. The van der Waals surface area contributed by atoms with Gasteiger partial charge in [0.05, 0.1) is 18.2 Å². The zero-order valence-corrected chi connectivity index (χ0v) is 24.6. The smallest absolute Gasteiger partial charge is 0.220 e. The van der Waals surface area contributed by atoms with E-state index in [0.29, 0.717) is 44.1 Å². The summed E-state index contributed by atoms with van der Waals surface area (Å²) in [6, 6.07) is 18.4. The molecule has 3 aromatic carbocycles. The van der Waals surface area contributed by atoms with Gasteiger partial charge in [0.1, 0.15) is 23.4 Å². The van der Waals surface area contributed by atoms with Crippen LogP contribution in [0.5, 0.6) is 17.2 Å². The van der Waals surface area contributed by atoms with Crippen LogP contribution in [-0.4, -0.2) is 39.9 Å². The Balaban J connectivity index is 1.66. The molecule has 0 unspecified atom stereocenters. The van der Waals surface area contributed by atoms with Crippen molar-refractivity contribution < 1.29 is 19.1 Å². The van der Waals surface area contributed by atoms with Crippen LogP contribution in [0, 0.1) is 17.0 Å². The highest BCUT2D eigenvalue weighted by molar-refractivity contribution is 9.10. The van der Waals surface area contributed by atoms with Gasteiger partial charge in [-0.1, -0.05) is 35.5 Å². The molecule has 12 heteroatoms. The van der Waals surface area contributed by atoms with Crippen LogP contribution in [-0.2, 0) is 6.61 Å². The van der Waals surface area contributed by atoms with E-state index >= 15 is 0 Å². The molecule has 0 spiro atoms. The number of aryl methyl sites for hydroxylation is 1. The zero-order chi connectivity index (χ0) is 27.9. The van der Waals surface area contributed by atoms with Crippen LogP contribution in [0.1, 0.15) is 29.1 Å². The quantitative estimate of drug-likeness (QED) is 0.0926. The minimum absolute atomic E-state index is 0.274. The predicted molar refractivity (Wildman–Crippen MR) is 154 cm³/mol. The van der Waals surface area contributed by atoms with Gasteiger partial charge in [0.2, 0.25) is 6.54 Å². The fourth-order valence-electron chi connectivity index (χ4n) is 3.88. The average molecular weight is 634 g/mol. The summed E-state index contributed by atoms with van der Waals surface area (Å²) in [5.41, 5.74) is 2.40. The third kappa shape index (κ3) is 7.23. The Bertz CT molecular complexity index is 1450. The Morgan fingerprint density at radius 2 is 1.90 bits per heavy atom. The molecule has 0 saturated heterocycles. The molecule has 0 aliphatic heterocycles. The van der Waals surface area contributed by atoms with Crippen LogP contribution in [0.25, 0.3) is 5.69 Å². The number of thioether (sulfide) groups is 1. The van der Waals surface area contributed by atoms with Gasteiger partial charge in [0.25, 0.3) is 0 Å². The minimum atomic E-state index is -0.585. The van der Waals surface area contributed by atoms with Gasteiger partial charge in [0.15, 0.2) is 16.7 Å². The molecule has 0 fully saturated rings. The molecule has 0 aliphatic carbocycles.